The van der Waals surface area contributed by atoms with Gasteiger partial charge in [0.05, 0.1) is 54.3 Å². The Morgan fingerprint density at radius 1 is 0.500 bits per heavy atom. The van der Waals surface area contributed by atoms with E-state index in [1.165, 1.54) is 0 Å². The molecule has 0 heterocycles. The minimum atomic E-state index is -0.847. The van der Waals surface area contributed by atoms with Crippen molar-refractivity contribution in [3.8, 4) is 0 Å². The molecule has 0 aliphatic rings. The van der Waals surface area contributed by atoms with Crippen molar-refractivity contribution < 1.29 is 29.3 Å². The Hall–Kier alpha value is -5.88. The number of nitrogens with one attached hydrogen (secondary N) is 2. The number of nitro benzene ring substituents is 4. The van der Waals surface area contributed by atoms with Crippen LogP contribution in [0.3, 0.4) is 0 Å². The number of carbonyl (C=O) groups excluding carboxylic acids is 2. The second-order valence-electron chi connectivity index (χ2n) is 8.57. The average Bonchev–Trinajstić information content (AvgIpc) is 3.00. The lowest BCUT2D eigenvalue weighted by atomic mass is 10.1. The zero-order valence-corrected chi connectivity index (χ0v) is 23.4. The lowest BCUT2D eigenvalue weighted by Crippen LogP contribution is -2.13. The van der Waals surface area contributed by atoms with Gasteiger partial charge >= 0.3 is 0 Å². The molecular formula is C26H16N6O10S2. The van der Waals surface area contributed by atoms with Crippen molar-refractivity contribution >= 4 is 67.5 Å². The van der Waals surface area contributed by atoms with E-state index in [1.54, 1.807) is 48.5 Å². The van der Waals surface area contributed by atoms with E-state index in [1.807, 2.05) is 0 Å². The molecule has 0 bridgehead atoms. The van der Waals surface area contributed by atoms with Crippen LogP contribution in [0, 0.1) is 40.5 Å². The van der Waals surface area contributed by atoms with Crippen LogP contribution in [0.1, 0.15) is 20.7 Å². The zero-order valence-electron chi connectivity index (χ0n) is 21.8. The van der Waals surface area contributed by atoms with Crippen LogP contribution in [0.15, 0.2) is 94.7 Å². The summed E-state index contributed by atoms with van der Waals surface area (Å²) in [5.41, 5.74) is -2.52. The fraction of sp³-hybridized carbons (Fsp3) is 0. The molecule has 0 saturated carbocycles. The Bertz CT molecular complexity index is 1650. The highest BCUT2D eigenvalue weighted by Gasteiger charge is 2.22. The summed E-state index contributed by atoms with van der Waals surface area (Å²) in [6, 6.07) is 18.2. The Kier molecular flexibility index (Phi) is 9.46. The summed E-state index contributed by atoms with van der Waals surface area (Å²) in [6.45, 7) is 0. The number of amides is 2. The van der Waals surface area contributed by atoms with E-state index in [9.17, 15) is 50.0 Å². The Labute approximate surface area is 253 Å². The van der Waals surface area contributed by atoms with Gasteiger partial charge in [0.2, 0.25) is 0 Å². The molecular weight excluding hydrogens is 620 g/mol. The van der Waals surface area contributed by atoms with Crippen molar-refractivity contribution in [3.63, 3.8) is 0 Å². The molecule has 0 saturated heterocycles. The quantitative estimate of drug-likeness (QED) is 0.100. The fourth-order valence-corrected chi connectivity index (χ4v) is 5.91. The summed E-state index contributed by atoms with van der Waals surface area (Å²) >= 11 is 0. The summed E-state index contributed by atoms with van der Waals surface area (Å²) in [5, 5.41) is 50.0. The number of carbonyl (C=O) groups is 2. The van der Waals surface area contributed by atoms with Gasteiger partial charge in [-0.25, -0.2) is 0 Å². The van der Waals surface area contributed by atoms with Crippen molar-refractivity contribution in [1.29, 1.82) is 0 Å². The maximum Gasteiger partial charge on any atom is 0.277 e. The minimum absolute atomic E-state index is 0.287. The smallest absolute Gasteiger partial charge is 0.277 e. The third-order valence-electron chi connectivity index (χ3n) is 5.66. The predicted octanol–water partition coefficient (Wildman–Crippen LogP) is 6.62. The number of anilines is 2. The van der Waals surface area contributed by atoms with Crippen LogP contribution >= 0.6 is 21.6 Å². The molecule has 0 spiro atoms. The number of hydrogen-bond donors (Lipinski definition) is 2. The SMILES string of the molecule is O=C(Nc1ccccc1SSc1ccccc1NC(=O)c1cc([N+](=O)[O-])cc([N+](=O)[O-])c1)c1cc([N+](=O)[O-])cc([N+](=O)[O-])c1. The first-order valence-electron chi connectivity index (χ1n) is 12.0. The molecule has 0 aliphatic carbocycles. The molecule has 2 N–H and O–H groups in total. The van der Waals surface area contributed by atoms with Crippen molar-refractivity contribution in [2.75, 3.05) is 10.6 Å². The topological polar surface area (TPSA) is 231 Å². The van der Waals surface area contributed by atoms with Crippen LogP contribution in [-0.4, -0.2) is 31.5 Å². The van der Waals surface area contributed by atoms with E-state index < -0.39 is 54.3 Å². The highest BCUT2D eigenvalue weighted by Crippen LogP contribution is 2.43. The number of nitrogens with zero attached hydrogens (tertiary/aromatic N) is 4. The molecule has 0 fully saturated rings. The zero-order chi connectivity index (χ0) is 32.0. The van der Waals surface area contributed by atoms with Crippen LogP contribution in [0.5, 0.6) is 0 Å². The largest absolute Gasteiger partial charge is 0.321 e. The van der Waals surface area contributed by atoms with Gasteiger partial charge in [-0.15, -0.1) is 0 Å². The third kappa shape index (κ3) is 7.49. The molecule has 4 aromatic rings. The van der Waals surface area contributed by atoms with Crippen molar-refractivity contribution in [2.45, 2.75) is 9.79 Å². The van der Waals surface area contributed by atoms with Gasteiger partial charge in [0.25, 0.3) is 34.6 Å². The highest BCUT2D eigenvalue weighted by atomic mass is 33.1. The van der Waals surface area contributed by atoms with Gasteiger partial charge in [0.15, 0.2) is 0 Å². The van der Waals surface area contributed by atoms with E-state index in [0.29, 0.717) is 9.79 Å². The predicted molar refractivity (Wildman–Crippen MR) is 160 cm³/mol. The first-order chi connectivity index (χ1) is 20.9. The van der Waals surface area contributed by atoms with Gasteiger partial charge < -0.3 is 10.6 Å². The number of hydrogen-bond acceptors (Lipinski definition) is 12. The van der Waals surface area contributed by atoms with E-state index in [0.717, 1.165) is 58.0 Å². The molecule has 0 atom stereocenters. The Balaban J connectivity index is 1.53. The standard InChI is InChI=1S/C26H16N6O10S2/c33-25(15-9-17(29(35)36)13-18(10-15)30(37)38)27-21-5-1-3-7-23(21)43-44-24-8-4-2-6-22(24)28-26(34)16-11-19(31(39)40)14-20(12-16)32(41)42/h1-14H,(H,27,33)(H,28,34). The molecule has 2 amide bonds. The molecule has 0 radical (unpaired) electrons. The highest BCUT2D eigenvalue weighted by molar-refractivity contribution is 8.76. The van der Waals surface area contributed by atoms with Gasteiger partial charge in [0.1, 0.15) is 0 Å². The van der Waals surface area contributed by atoms with Crippen LogP contribution in [-0.2, 0) is 0 Å². The van der Waals surface area contributed by atoms with Gasteiger partial charge in [-0.1, -0.05) is 45.9 Å². The van der Waals surface area contributed by atoms with Crippen molar-refractivity contribution in [3.05, 3.63) is 137 Å². The average molecular weight is 637 g/mol. The molecule has 0 unspecified atom stereocenters. The maximum absolute atomic E-state index is 12.9. The number of nitro groups is 4. The molecule has 222 valence electrons. The number of para-hydroxylation sites is 2. The summed E-state index contributed by atoms with van der Waals surface area (Å²) in [7, 11) is 2.32. The Morgan fingerprint density at radius 3 is 1.09 bits per heavy atom. The van der Waals surface area contributed by atoms with E-state index in [-0.39, 0.29) is 22.5 Å². The van der Waals surface area contributed by atoms with Crippen LogP contribution in [0.4, 0.5) is 34.1 Å². The first kappa shape index (κ1) is 31.1. The van der Waals surface area contributed by atoms with E-state index in [4.69, 9.17) is 0 Å². The van der Waals surface area contributed by atoms with Crippen molar-refractivity contribution in [2.24, 2.45) is 0 Å². The van der Waals surface area contributed by atoms with Gasteiger partial charge in [-0.2, -0.15) is 0 Å². The molecule has 4 aromatic carbocycles. The summed E-state index contributed by atoms with van der Waals surface area (Å²) in [4.78, 5) is 68.3. The number of rotatable bonds is 11. The second-order valence-corrected chi connectivity index (χ2v) is 10.8. The Morgan fingerprint density at radius 2 is 0.795 bits per heavy atom. The van der Waals surface area contributed by atoms with Gasteiger partial charge in [0, 0.05) is 34.1 Å². The van der Waals surface area contributed by atoms with Crippen LogP contribution in [0.2, 0.25) is 0 Å². The third-order valence-corrected chi connectivity index (χ3v) is 8.15. The van der Waals surface area contributed by atoms with E-state index >= 15 is 0 Å². The summed E-state index contributed by atoms with van der Waals surface area (Å²) in [5.74, 6) is -1.65. The molecule has 16 nitrogen and oxygen atoms in total. The minimum Gasteiger partial charge on any atom is -0.321 e. The molecule has 4 rings (SSSR count). The van der Waals surface area contributed by atoms with Crippen LogP contribution < -0.4 is 10.6 Å². The maximum atomic E-state index is 12.9. The van der Waals surface area contributed by atoms with Crippen molar-refractivity contribution in [1.82, 2.24) is 0 Å². The number of non-ortho nitro benzene ring substituents is 4. The monoisotopic (exact) mass is 636 g/mol. The lowest BCUT2D eigenvalue weighted by Gasteiger charge is -2.13. The van der Waals surface area contributed by atoms with Gasteiger partial charge in [-0.3, -0.25) is 50.0 Å². The lowest BCUT2D eigenvalue weighted by molar-refractivity contribution is -0.394. The molecule has 44 heavy (non-hydrogen) atoms. The second kappa shape index (κ2) is 13.4. The fourth-order valence-electron chi connectivity index (χ4n) is 3.64. The van der Waals surface area contributed by atoms with E-state index in [2.05, 4.69) is 10.6 Å². The number of benzene rings is 4. The first-order valence-corrected chi connectivity index (χ1v) is 14.1. The normalized spacial score (nSPS) is 10.5. The summed E-state index contributed by atoms with van der Waals surface area (Å²) < 4.78 is 0. The van der Waals surface area contributed by atoms with Crippen LogP contribution in [0.25, 0.3) is 0 Å². The summed E-state index contributed by atoms with van der Waals surface area (Å²) in [6.07, 6.45) is 0. The molecule has 0 aromatic heterocycles. The molecule has 18 heteroatoms. The van der Waals surface area contributed by atoms with Gasteiger partial charge in [-0.05, 0) is 24.3 Å². The molecule has 0 aliphatic heterocycles.